The maximum absolute atomic E-state index is 13.2. The van der Waals surface area contributed by atoms with Crippen molar-refractivity contribution in [2.24, 2.45) is 0 Å². The molecule has 4 rings (SSSR count). The molecule has 1 atom stereocenters. The number of benzene rings is 1. The fraction of sp³-hybridized carbons (Fsp3) is 0.421. The van der Waals surface area contributed by atoms with Crippen LogP contribution in [0.5, 0.6) is 5.75 Å². The van der Waals surface area contributed by atoms with Gasteiger partial charge in [-0.2, -0.15) is 5.10 Å². The molecule has 0 aliphatic carbocycles. The molecule has 2 amide bonds. The van der Waals surface area contributed by atoms with Gasteiger partial charge in [0.2, 0.25) is 0 Å². The fourth-order valence-electron chi connectivity index (χ4n) is 3.89. The third-order valence-electron chi connectivity index (χ3n) is 5.20. The molecule has 0 radical (unpaired) electrons. The van der Waals surface area contributed by atoms with Crippen LogP contribution in [-0.2, 0) is 4.74 Å². The molecule has 2 aliphatic heterocycles. The highest BCUT2D eigenvalue weighted by molar-refractivity contribution is 6.00. The van der Waals surface area contributed by atoms with Gasteiger partial charge in [-0.3, -0.25) is 9.89 Å². The van der Waals surface area contributed by atoms with Crippen molar-refractivity contribution in [2.45, 2.75) is 18.4 Å². The molecule has 142 valence electrons. The highest BCUT2D eigenvalue weighted by Gasteiger charge is 2.47. The van der Waals surface area contributed by atoms with Gasteiger partial charge < -0.3 is 19.3 Å². The standard InChI is InChI=1S/C19H22N4O4/c1-22-11-19(27-18(22)25)7-4-8-23(12-19)17(24)15-10-20-21-16(15)13-5-3-6-14(9-13)26-2/h3,5-6,9-10H,4,7-8,11-12H2,1-2H3,(H,20,21). The number of aromatic amines is 1. The summed E-state index contributed by atoms with van der Waals surface area (Å²) in [5.74, 6) is 0.588. The molecule has 1 N–H and O–H groups in total. The van der Waals surface area contributed by atoms with Crippen LogP contribution in [0.1, 0.15) is 23.2 Å². The van der Waals surface area contributed by atoms with Crippen LogP contribution in [0.3, 0.4) is 0 Å². The maximum atomic E-state index is 13.2. The first-order valence-electron chi connectivity index (χ1n) is 8.92. The minimum atomic E-state index is -0.611. The van der Waals surface area contributed by atoms with E-state index in [4.69, 9.17) is 9.47 Å². The zero-order valence-corrected chi connectivity index (χ0v) is 15.4. The SMILES string of the molecule is COc1cccc(-c2[nH]ncc2C(=O)N2CCCC3(CN(C)C(=O)O3)C2)c1. The van der Waals surface area contributed by atoms with Gasteiger partial charge in [0.1, 0.15) is 11.4 Å². The number of rotatable bonds is 3. The number of carbonyl (C=O) groups is 2. The lowest BCUT2D eigenvalue weighted by atomic mass is 9.92. The van der Waals surface area contributed by atoms with Crippen LogP contribution >= 0.6 is 0 Å². The summed E-state index contributed by atoms with van der Waals surface area (Å²) in [5, 5.41) is 7.00. The summed E-state index contributed by atoms with van der Waals surface area (Å²) < 4.78 is 10.9. The molecule has 1 unspecified atom stereocenters. The van der Waals surface area contributed by atoms with Gasteiger partial charge in [-0.15, -0.1) is 0 Å². The van der Waals surface area contributed by atoms with E-state index in [1.165, 1.54) is 0 Å². The van der Waals surface area contributed by atoms with E-state index in [-0.39, 0.29) is 12.0 Å². The second-order valence-electron chi connectivity index (χ2n) is 7.13. The van der Waals surface area contributed by atoms with Gasteiger partial charge in [-0.05, 0) is 25.0 Å². The van der Waals surface area contributed by atoms with Crippen LogP contribution in [0.4, 0.5) is 4.79 Å². The molecule has 3 heterocycles. The van der Waals surface area contributed by atoms with Crippen molar-refractivity contribution in [3.8, 4) is 17.0 Å². The molecule has 1 spiro atoms. The number of likely N-dealkylation sites (N-methyl/N-ethyl adjacent to an activating group) is 1. The smallest absolute Gasteiger partial charge is 0.410 e. The molecule has 0 saturated carbocycles. The molecular weight excluding hydrogens is 348 g/mol. The van der Waals surface area contributed by atoms with Gasteiger partial charge in [0.15, 0.2) is 0 Å². The summed E-state index contributed by atoms with van der Waals surface area (Å²) in [4.78, 5) is 28.3. The largest absolute Gasteiger partial charge is 0.497 e. The van der Waals surface area contributed by atoms with E-state index in [0.29, 0.717) is 36.6 Å². The fourth-order valence-corrected chi connectivity index (χ4v) is 3.89. The van der Waals surface area contributed by atoms with E-state index in [2.05, 4.69) is 10.2 Å². The van der Waals surface area contributed by atoms with E-state index in [9.17, 15) is 9.59 Å². The number of H-pyrrole nitrogens is 1. The average molecular weight is 370 g/mol. The summed E-state index contributed by atoms with van der Waals surface area (Å²) >= 11 is 0. The first-order valence-corrected chi connectivity index (χ1v) is 8.92. The van der Waals surface area contributed by atoms with Gasteiger partial charge in [0.25, 0.3) is 5.91 Å². The number of piperidine rings is 1. The summed E-state index contributed by atoms with van der Waals surface area (Å²) in [6.45, 7) is 1.53. The minimum absolute atomic E-state index is 0.119. The Balaban J connectivity index is 1.59. The Labute approximate surface area is 157 Å². The molecule has 2 aliphatic rings. The molecule has 8 heteroatoms. The maximum Gasteiger partial charge on any atom is 0.410 e. The number of nitrogens with zero attached hydrogens (tertiary/aromatic N) is 3. The van der Waals surface area contributed by atoms with E-state index in [0.717, 1.165) is 18.4 Å². The molecule has 0 bridgehead atoms. The molecule has 1 aromatic carbocycles. The average Bonchev–Trinajstić information content (AvgIpc) is 3.26. The highest BCUT2D eigenvalue weighted by Crippen LogP contribution is 2.33. The summed E-state index contributed by atoms with van der Waals surface area (Å²) in [6.07, 6.45) is 2.77. The monoisotopic (exact) mass is 370 g/mol. The Morgan fingerprint density at radius 2 is 2.22 bits per heavy atom. The molecule has 8 nitrogen and oxygen atoms in total. The first kappa shape index (κ1) is 17.4. The Bertz CT molecular complexity index is 880. The predicted octanol–water partition coefficient (Wildman–Crippen LogP) is 2.14. The second kappa shape index (κ2) is 6.61. The van der Waals surface area contributed by atoms with Gasteiger partial charge in [-0.25, -0.2) is 4.79 Å². The zero-order valence-electron chi connectivity index (χ0n) is 15.4. The lowest BCUT2D eigenvalue weighted by Crippen LogP contribution is -2.52. The summed E-state index contributed by atoms with van der Waals surface area (Å²) in [6, 6.07) is 7.47. The number of carbonyl (C=O) groups excluding carboxylic acids is 2. The number of nitrogens with one attached hydrogen (secondary N) is 1. The predicted molar refractivity (Wildman–Crippen MR) is 97.6 cm³/mol. The third kappa shape index (κ3) is 3.11. The molecular formula is C19H22N4O4. The van der Waals surface area contributed by atoms with Crippen LogP contribution in [0.15, 0.2) is 30.5 Å². The Morgan fingerprint density at radius 1 is 1.37 bits per heavy atom. The Morgan fingerprint density at radius 3 is 2.96 bits per heavy atom. The van der Waals surface area contributed by atoms with Gasteiger partial charge >= 0.3 is 6.09 Å². The number of likely N-dealkylation sites (tertiary alicyclic amines) is 1. The first-order chi connectivity index (χ1) is 13.0. The van der Waals surface area contributed by atoms with Crippen molar-refractivity contribution < 1.29 is 19.1 Å². The molecule has 2 aromatic rings. The van der Waals surface area contributed by atoms with Gasteiger partial charge in [0, 0.05) is 19.2 Å². The molecule has 27 heavy (non-hydrogen) atoms. The second-order valence-corrected chi connectivity index (χ2v) is 7.13. The van der Waals surface area contributed by atoms with E-state index < -0.39 is 5.60 Å². The van der Waals surface area contributed by atoms with Crippen molar-refractivity contribution >= 4 is 12.0 Å². The number of ether oxygens (including phenoxy) is 2. The van der Waals surface area contributed by atoms with Crippen LogP contribution in [0.2, 0.25) is 0 Å². The van der Waals surface area contributed by atoms with Crippen LogP contribution in [-0.4, -0.2) is 71.4 Å². The lowest BCUT2D eigenvalue weighted by Gasteiger charge is -2.38. The molecule has 2 fully saturated rings. The Hall–Kier alpha value is -3.03. The Kier molecular flexibility index (Phi) is 4.25. The minimum Gasteiger partial charge on any atom is -0.497 e. The van der Waals surface area contributed by atoms with E-state index in [1.54, 1.807) is 30.2 Å². The zero-order chi connectivity index (χ0) is 19.0. The van der Waals surface area contributed by atoms with Crippen molar-refractivity contribution in [1.29, 1.82) is 0 Å². The summed E-state index contributed by atoms with van der Waals surface area (Å²) in [7, 11) is 3.32. The van der Waals surface area contributed by atoms with E-state index in [1.807, 2.05) is 24.3 Å². The van der Waals surface area contributed by atoms with Crippen molar-refractivity contribution in [2.75, 3.05) is 33.8 Å². The van der Waals surface area contributed by atoms with Crippen molar-refractivity contribution in [3.05, 3.63) is 36.0 Å². The van der Waals surface area contributed by atoms with Crippen molar-refractivity contribution in [3.63, 3.8) is 0 Å². The number of hydrogen-bond donors (Lipinski definition) is 1. The highest BCUT2D eigenvalue weighted by atomic mass is 16.6. The van der Waals surface area contributed by atoms with Gasteiger partial charge in [0.05, 0.1) is 37.7 Å². The van der Waals surface area contributed by atoms with Crippen molar-refractivity contribution in [1.82, 2.24) is 20.0 Å². The number of aromatic nitrogens is 2. The number of methoxy groups -OCH3 is 1. The molecule has 1 aromatic heterocycles. The van der Waals surface area contributed by atoms with Crippen LogP contribution in [0.25, 0.3) is 11.3 Å². The van der Waals surface area contributed by atoms with Crippen LogP contribution in [0, 0.1) is 0 Å². The lowest BCUT2D eigenvalue weighted by molar-refractivity contribution is -0.00518. The normalized spacial score (nSPS) is 22.2. The summed E-state index contributed by atoms with van der Waals surface area (Å²) in [5.41, 5.74) is 1.37. The quantitative estimate of drug-likeness (QED) is 0.894. The van der Waals surface area contributed by atoms with Crippen LogP contribution < -0.4 is 4.74 Å². The number of amides is 2. The van der Waals surface area contributed by atoms with E-state index >= 15 is 0 Å². The van der Waals surface area contributed by atoms with Gasteiger partial charge in [-0.1, -0.05) is 12.1 Å². The third-order valence-corrected chi connectivity index (χ3v) is 5.20. The molecule has 2 saturated heterocycles. The number of hydrogen-bond acceptors (Lipinski definition) is 5. The topological polar surface area (TPSA) is 87.8 Å².